The summed E-state index contributed by atoms with van der Waals surface area (Å²) in [6.07, 6.45) is 0. The van der Waals surface area contributed by atoms with Gasteiger partial charge in [-0.05, 0) is 71.3 Å². The van der Waals surface area contributed by atoms with Crippen LogP contribution in [0.15, 0.2) is 215 Å². The van der Waals surface area contributed by atoms with Crippen LogP contribution in [-0.4, -0.2) is 19.5 Å². The summed E-state index contributed by atoms with van der Waals surface area (Å²) in [4.78, 5) is 15.7. The number of hydrogen-bond acceptors (Lipinski definition) is 5. The summed E-state index contributed by atoms with van der Waals surface area (Å²) < 4.78 is 15.3. The Balaban J connectivity index is 1.01. The van der Waals surface area contributed by atoms with Gasteiger partial charge in [-0.25, -0.2) is 15.0 Å². The Hall–Kier alpha value is -8.61. The van der Waals surface area contributed by atoms with Crippen LogP contribution in [0.1, 0.15) is 0 Å². The number of para-hydroxylation sites is 4. The summed E-state index contributed by atoms with van der Waals surface area (Å²) in [5, 5.41) is 6.44. The molecule has 0 N–H and O–H groups in total. The summed E-state index contributed by atoms with van der Waals surface area (Å²) in [5.41, 5.74) is 13.7. The Bertz CT molecular complexity index is 3860. The summed E-state index contributed by atoms with van der Waals surface area (Å²) >= 11 is 0. The average Bonchev–Trinajstić information content (AvgIpc) is 4.04. The molecular formula is C57H34N4O2. The van der Waals surface area contributed by atoms with Crippen molar-refractivity contribution >= 4 is 65.7 Å². The second kappa shape index (κ2) is 14.0. The van der Waals surface area contributed by atoms with E-state index in [9.17, 15) is 0 Å². The fourth-order valence-corrected chi connectivity index (χ4v) is 9.43. The zero-order valence-electron chi connectivity index (χ0n) is 33.7. The van der Waals surface area contributed by atoms with E-state index < -0.39 is 0 Å². The fraction of sp³-hybridized carbons (Fsp3) is 0. The topological polar surface area (TPSA) is 69.9 Å². The molecule has 0 fully saturated rings. The molecule has 294 valence electrons. The van der Waals surface area contributed by atoms with E-state index in [1.54, 1.807) is 0 Å². The van der Waals surface area contributed by atoms with E-state index in [0.29, 0.717) is 17.5 Å². The monoisotopic (exact) mass is 806 g/mol. The molecule has 4 heterocycles. The third-order valence-electron chi connectivity index (χ3n) is 12.3. The predicted octanol–water partition coefficient (Wildman–Crippen LogP) is 15.1. The normalized spacial score (nSPS) is 11.8. The highest BCUT2D eigenvalue weighted by molar-refractivity contribution is 6.15. The van der Waals surface area contributed by atoms with Crippen LogP contribution in [0.5, 0.6) is 0 Å². The first-order chi connectivity index (χ1) is 31.2. The van der Waals surface area contributed by atoms with Gasteiger partial charge in [-0.1, -0.05) is 152 Å². The number of aromatic nitrogens is 4. The highest BCUT2D eigenvalue weighted by Gasteiger charge is 2.21. The van der Waals surface area contributed by atoms with Crippen molar-refractivity contribution in [3.63, 3.8) is 0 Å². The van der Waals surface area contributed by atoms with E-state index in [-0.39, 0.29) is 0 Å². The molecule has 6 nitrogen and oxygen atoms in total. The Morgan fingerprint density at radius 2 is 0.794 bits per heavy atom. The van der Waals surface area contributed by atoms with Crippen molar-refractivity contribution in [2.45, 2.75) is 0 Å². The van der Waals surface area contributed by atoms with Gasteiger partial charge in [-0.2, -0.15) is 0 Å². The quantitative estimate of drug-likeness (QED) is 0.167. The molecule has 0 spiro atoms. The van der Waals surface area contributed by atoms with E-state index in [2.05, 4.69) is 162 Å². The zero-order valence-corrected chi connectivity index (χ0v) is 33.7. The van der Waals surface area contributed by atoms with Gasteiger partial charge >= 0.3 is 0 Å². The number of rotatable bonds is 6. The zero-order chi connectivity index (χ0) is 41.4. The molecule has 0 bridgehead atoms. The van der Waals surface area contributed by atoms with Crippen LogP contribution >= 0.6 is 0 Å². The number of hydrogen-bond donors (Lipinski definition) is 0. The lowest BCUT2D eigenvalue weighted by Gasteiger charge is -2.15. The molecule has 0 aliphatic heterocycles. The molecule has 63 heavy (non-hydrogen) atoms. The smallest absolute Gasteiger partial charge is 0.164 e. The molecule has 6 heteroatoms. The highest BCUT2D eigenvalue weighted by Crippen LogP contribution is 2.43. The first kappa shape index (κ1) is 35.2. The molecule has 13 aromatic rings. The van der Waals surface area contributed by atoms with Crippen LogP contribution in [0.3, 0.4) is 0 Å². The molecule has 0 unspecified atom stereocenters. The minimum absolute atomic E-state index is 0.561. The maximum atomic E-state index is 6.62. The van der Waals surface area contributed by atoms with Crippen LogP contribution in [0.2, 0.25) is 0 Å². The van der Waals surface area contributed by atoms with Gasteiger partial charge in [0.05, 0.1) is 16.7 Å². The molecule has 9 aromatic carbocycles. The third-order valence-corrected chi connectivity index (χ3v) is 12.3. The lowest BCUT2D eigenvalue weighted by molar-refractivity contribution is 0.668. The van der Waals surface area contributed by atoms with E-state index in [1.807, 2.05) is 48.5 Å². The molecule has 0 amide bonds. The van der Waals surface area contributed by atoms with Crippen LogP contribution < -0.4 is 0 Å². The molecule has 13 rings (SSSR count). The average molecular weight is 807 g/mol. The number of nitrogens with zero attached hydrogens (tertiary/aromatic N) is 4. The predicted molar refractivity (Wildman–Crippen MR) is 256 cm³/mol. The highest BCUT2D eigenvalue weighted by atomic mass is 16.3. The molecule has 0 aliphatic rings. The molecule has 0 aliphatic carbocycles. The third kappa shape index (κ3) is 5.62. The second-order valence-corrected chi connectivity index (χ2v) is 15.9. The van der Waals surface area contributed by atoms with Gasteiger partial charge in [0.25, 0.3) is 0 Å². The fourth-order valence-electron chi connectivity index (χ4n) is 9.43. The maximum absolute atomic E-state index is 6.62. The maximum Gasteiger partial charge on any atom is 0.164 e. The first-order valence-corrected chi connectivity index (χ1v) is 21.1. The summed E-state index contributed by atoms with van der Waals surface area (Å²) in [7, 11) is 0. The molecule has 0 saturated heterocycles. The van der Waals surface area contributed by atoms with Crippen molar-refractivity contribution in [2.75, 3.05) is 0 Å². The summed E-state index contributed by atoms with van der Waals surface area (Å²) in [6.45, 7) is 0. The summed E-state index contributed by atoms with van der Waals surface area (Å²) in [5.74, 6) is 1.71. The van der Waals surface area contributed by atoms with E-state index in [0.717, 1.165) is 99.5 Å². The van der Waals surface area contributed by atoms with Gasteiger partial charge in [-0.15, -0.1) is 0 Å². The van der Waals surface area contributed by atoms with E-state index in [4.69, 9.17) is 23.8 Å². The second-order valence-electron chi connectivity index (χ2n) is 15.9. The van der Waals surface area contributed by atoms with Crippen LogP contribution in [0.25, 0.3) is 128 Å². The first-order valence-electron chi connectivity index (χ1n) is 21.1. The van der Waals surface area contributed by atoms with Crippen molar-refractivity contribution in [3.05, 3.63) is 206 Å². The Kier molecular flexibility index (Phi) is 7.80. The van der Waals surface area contributed by atoms with Crippen LogP contribution in [0, 0.1) is 0 Å². The number of furan rings is 2. The SMILES string of the molecule is c1ccc(-c2ccc(-c3nc(-c4ccc5oc6cccc(-c7ccccc7-n7c8ccccc8c8ccccc87)c6c5c4)nc(-c4cccc5oc6ccccc6c45)n3)cc2)cc1. The number of fused-ring (bicyclic) bond motifs is 9. The Morgan fingerprint density at radius 3 is 1.54 bits per heavy atom. The van der Waals surface area contributed by atoms with Crippen molar-refractivity contribution in [2.24, 2.45) is 0 Å². The van der Waals surface area contributed by atoms with Gasteiger partial charge < -0.3 is 13.4 Å². The van der Waals surface area contributed by atoms with Crippen molar-refractivity contribution in [3.8, 4) is 62.1 Å². The van der Waals surface area contributed by atoms with E-state index >= 15 is 0 Å². The standard InChI is InChI=1S/C57H34N4O2/c1-2-14-35(15-3-1)36-28-30-37(31-29-36)55-58-56(60-57(59-55)44-21-13-27-52-54(44)43-19-7-11-25-49(43)62-52)38-32-33-50-45(34-38)53-42(20-12-26-51(53)63-50)41-18-6-10-24-48(41)61-46-22-8-4-16-39(46)40-17-5-9-23-47(40)61/h1-34H. The summed E-state index contributed by atoms with van der Waals surface area (Å²) in [6, 6.07) is 71.5. The largest absolute Gasteiger partial charge is 0.456 e. The van der Waals surface area contributed by atoms with Gasteiger partial charge in [0, 0.05) is 54.6 Å². The van der Waals surface area contributed by atoms with Gasteiger partial charge in [0.2, 0.25) is 0 Å². The lowest BCUT2D eigenvalue weighted by atomic mass is 9.97. The number of benzene rings is 9. The minimum Gasteiger partial charge on any atom is -0.456 e. The molecule has 0 saturated carbocycles. The Morgan fingerprint density at radius 1 is 0.302 bits per heavy atom. The van der Waals surface area contributed by atoms with Gasteiger partial charge in [0.15, 0.2) is 17.5 Å². The minimum atomic E-state index is 0.561. The van der Waals surface area contributed by atoms with Crippen LogP contribution in [-0.2, 0) is 0 Å². The molecule has 0 radical (unpaired) electrons. The van der Waals surface area contributed by atoms with Gasteiger partial charge in [0.1, 0.15) is 22.3 Å². The van der Waals surface area contributed by atoms with Gasteiger partial charge in [-0.3, -0.25) is 0 Å². The molecule has 0 atom stereocenters. The van der Waals surface area contributed by atoms with Crippen molar-refractivity contribution in [1.82, 2.24) is 19.5 Å². The van der Waals surface area contributed by atoms with E-state index in [1.165, 1.54) is 10.8 Å². The van der Waals surface area contributed by atoms with Crippen molar-refractivity contribution in [1.29, 1.82) is 0 Å². The molecule has 4 aromatic heterocycles. The Labute approximate surface area is 361 Å². The molecular weight excluding hydrogens is 773 g/mol. The lowest BCUT2D eigenvalue weighted by Crippen LogP contribution is -2.00. The van der Waals surface area contributed by atoms with Crippen LogP contribution in [0.4, 0.5) is 0 Å². The van der Waals surface area contributed by atoms with Crippen molar-refractivity contribution < 1.29 is 8.83 Å².